The van der Waals surface area contributed by atoms with Crippen molar-refractivity contribution in [1.29, 1.82) is 0 Å². The van der Waals surface area contributed by atoms with Gasteiger partial charge in [-0.3, -0.25) is 0 Å². The Morgan fingerprint density at radius 2 is 1.37 bits per heavy atom. The van der Waals surface area contributed by atoms with Crippen LogP contribution in [-0.4, -0.2) is 14.8 Å². The largest absolute Gasteiger partial charge is 0.417 e. The molecule has 0 amide bonds. The number of benzene rings is 3. The normalized spacial score (nSPS) is 11.6. The van der Waals surface area contributed by atoms with Crippen LogP contribution in [0.15, 0.2) is 82.6 Å². The van der Waals surface area contributed by atoms with Crippen LogP contribution in [0.2, 0.25) is 5.02 Å². The molecule has 3 aromatic carbocycles. The minimum atomic E-state index is -4.48. The Morgan fingerprint density at radius 3 is 2.03 bits per heavy atom. The van der Waals surface area contributed by atoms with Gasteiger partial charge in [0.15, 0.2) is 11.6 Å². The molecule has 8 heteroatoms. The first-order chi connectivity index (χ1) is 14.3. The lowest BCUT2D eigenvalue weighted by molar-refractivity contribution is -0.137. The Hall–Kier alpha value is -2.77. The molecule has 4 aromatic rings. The number of alkyl halides is 3. The van der Waals surface area contributed by atoms with Crippen molar-refractivity contribution < 1.29 is 13.2 Å². The maximum absolute atomic E-state index is 13.5. The minimum absolute atomic E-state index is 0.00548. The maximum atomic E-state index is 13.5. The van der Waals surface area contributed by atoms with E-state index in [-0.39, 0.29) is 11.4 Å². The zero-order valence-electron chi connectivity index (χ0n) is 15.7. The molecule has 152 valence electrons. The zero-order valence-corrected chi connectivity index (χ0v) is 17.3. The highest BCUT2D eigenvalue weighted by Crippen LogP contribution is 2.39. The Labute approximate surface area is 180 Å². The molecular formula is C22H15ClF3N3S. The summed E-state index contributed by atoms with van der Waals surface area (Å²) in [7, 11) is 1.67. The molecule has 0 radical (unpaired) electrons. The molecule has 4 rings (SSSR count). The second kappa shape index (κ2) is 8.16. The summed E-state index contributed by atoms with van der Waals surface area (Å²) in [6.45, 7) is 0. The predicted octanol–water partition coefficient (Wildman–Crippen LogP) is 6.97. The molecule has 30 heavy (non-hydrogen) atoms. The van der Waals surface area contributed by atoms with E-state index in [1.54, 1.807) is 29.8 Å². The number of nitrogens with zero attached hydrogens (tertiary/aromatic N) is 3. The van der Waals surface area contributed by atoms with Crippen molar-refractivity contribution in [3.8, 4) is 22.8 Å². The summed E-state index contributed by atoms with van der Waals surface area (Å²) in [5.74, 6) is 0.642. The summed E-state index contributed by atoms with van der Waals surface area (Å²) in [5, 5.41) is 8.94. The van der Waals surface area contributed by atoms with Gasteiger partial charge in [-0.1, -0.05) is 59.8 Å². The fourth-order valence-corrected chi connectivity index (χ4v) is 4.16. The molecule has 0 unspecified atom stereocenters. The lowest BCUT2D eigenvalue weighted by atomic mass is 10.1. The van der Waals surface area contributed by atoms with Gasteiger partial charge >= 0.3 is 6.18 Å². The average Bonchev–Trinajstić information content (AvgIpc) is 3.10. The molecule has 3 nitrogen and oxygen atoms in total. The van der Waals surface area contributed by atoms with Gasteiger partial charge in [0.2, 0.25) is 0 Å². The second-order valence-electron chi connectivity index (χ2n) is 6.50. The van der Waals surface area contributed by atoms with Crippen molar-refractivity contribution in [3.05, 3.63) is 83.4 Å². The summed E-state index contributed by atoms with van der Waals surface area (Å²) < 4.78 is 42.0. The average molecular weight is 446 g/mol. The number of halogens is 4. The highest BCUT2D eigenvalue weighted by atomic mass is 35.5. The minimum Gasteiger partial charge on any atom is -0.310 e. The molecule has 0 saturated heterocycles. The fourth-order valence-electron chi connectivity index (χ4n) is 3.09. The van der Waals surface area contributed by atoms with Gasteiger partial charge in [0.05, 0.1) is 5.56 Å². The van der Waals surface area contributed by atoms with E-state index in [1.807, 2.05) is 36.4 Å². The van der Waals surface area contributed by atoms with Gasteiger partial charge in [0.1, 0.15) is 0 Å². The van der Waals surface area contributed by atoms with Crippen molar-refractivity contribution in [2.75, 3.05) is 0 Å². The van der Waals surface area contributed by atoms with Crippen LogP contribution in [0.25, 0.3) is 22.8 Å². The zero-order chi connectivity index (χ0) is 21.3. The number of hydrogen-bond donors (Lipinski definition) is 0. The van der Waals surface area contributed by atoms with Gasteiger partial charge < -0.3 is 4.57 Å². The molecule has 0 aliphatic carbocycles. The predicted molar refractivity (Wildman–Crippen MR) is 112 cm³/mol. The molecule has 1 aromatic heterocycles. The Bertz CT molecular complexity index is 1190. The molecule has 0 saturated carbocycles. The van der Waals surface area contributed by atoms with Gasteiger partial charge in [-0.15, -0.1) is 10.2 Å². The molecule has 0 bridgehead atoms. The van der Waals surface area contributed by atoms with E-state index in [1.165, 1.54) is 23.9 Å². The summed E-state index contributed by atoms with van der Waals surface area (Å²) >= 11 is 7.48. The first-order valence-corrected chi connectivity index (χ1v) is 10.1. The van der Waals surface area contributed by atoms with Gasteiger partial charge in [0, 0.05) is 33.0 Å². The third kappa shape index (κ3) is 4.08. The van der Waals surface area contributed by atoms with Crippen LogP contribution in [0, 0.1) is 0 Å². The van der Waals surface area contributed by atoms with Crippen molar-refractivity contribution in [3.63, 3.8) is 0 Å². The Kier molecular flexibility index (Phi) is 5.58. The SMILES string of the molecule is Cn1c(-c2ccccc2Sc2ccc(Cl)cc2)nnc1-c1ccccc1C(F)(F)F. The highest BCUT2D eigenvalue weighted by molar-refractivity contribution is 7.99. The molecular weight excluding hydrogens is 431 g/mol. The topological polar surface area (TPSA) is 30.7 Å². The summed E-state index contributed by atoms with van der Waals surface area (Å²) in [6, 6.07) is 20.4. The van der Waals surface area contributed by atoms with Gasteiger partial charge in [-0.05, 0) is 36.4 Å². The number of rotatable bonds is 4. The quantitative estimate of drug-likeness (QED) is 0.339. The Morgan fingerprint density at radius 1 is 0.800 bits per heavy atom. The molecule has 0 aliphatic heterocycles. The smallest absolute Gasteiger partial charge is 0.310 e. The highest BCUT2D eigenvalue weighted by Gasteiger charge is 2.34. The maximum Gasteiger partial charge on any atom is 0.417 e. The third-order valence-corrected chi connectivity index (χ3v) is 5.85. The van der Waals surface area contributed by atoms with Crippen molar-refractivity contribution in [1.82, 2.24) is 14.8 Å². The molecule has 0 N–H and O–H groups in total. The van der Waals surface area contributed by atoms with Crippen molar-refractivity contribution in [2.24, 2.45) is 7.05 Å². The molecule has 0 fully saturated rings. The first-order valence-electron chi connectivity index (χ1n) is 8.93. The fraction of sp³-hybridized carbons (Fsp3) is 0.0909. The van der Waals surface area contributed by atoms with Crippen LogP contribution in [-0.2, 0) is 13.2 Å². The van der Waals surface area contributed by atoms with E-state index in [9.17, 15) is 13.2 Å². The van der Waals surface area contributed by atoms with Crippen molar-refractivity contribution in [2.45, 2.75) is 16.0 Å². The lowest BCUT2D eigenvalue weighted by Crippen LogP contribution is -2.08. The van der Waals surface area contributed by atoms with Crippen LogP contribution >= 0.6 is 23.4 Å². The van der Waals surface area contributed by atoms with Crippen molar-refractivity contribution >= 4 is 23.4 Å². The third-order valence-electron chi connectivity index (χ3n) is 4.52. The van der Waals surface area contributed by atoms with E-state index in [2.05, 4.69) is 10.2 Å². The van der Waals surface area contributed by atoms with E-state index in [0.29, 0.717) is 10.8 Å². The second-order valence-corrected chi connectivity index (χ2v) is 8.05. The van der Waals surface area contributed by atoms with Crippen LogP contribution < -0.4 is 0 Å². The molecule has 0 atom stereocenters. The van der Waals surface area contributed by atoms with E-state index in [4.69, 9.17) is 11.6 Å². The van der Waals surface area contributed by atoms with E-state index in [0.717, 1.165) is 21.4 Å². The summed E-state index contributed by atoms with van der Waals surface area (Å²) in [5.41, 5.74) is 0.0353. The number of hydrogen-bond acceptors (Lipinski definition) is 3. The standard InChI is InChI=1S/C22H15ClF3N3S/c1-29-20(16-6-2-4-8-18(16)22(24,25)26)27-28-21(29)17-7-3-5-9-19(17)30-15-12-10-14(23)11-13-15/h2-13H,1H3. The monoisotopic (exact) mass is 445 g/mol. The van der Waals surface area contributed by atoms with E-state index < -0.39 is 11.7 Å². The van der Waals surface area contributed by atoms with Gasteiger partial charge in [-0.25, -0.2) is 0 Å². The van der Waals surface area contributed by atoms with E-state index >= 15 is 0 Å². The van der Waals surface area contributed by atoms with Gasteiger partial charge in [-0.2, -0.15) is 13.2 Å². The van der Waals surface area contributed by atoms with Crippen LogP contribution in [0.1, 0.15) is 5.56 Å². The lowest BCUT2D eigenvalue weighted by Gasteiger charge is -2.13. The first kappa shape index (κ1) is 20.5. The molecule has 0 aliphatic rings. The summed E-state index contributed by atoms with van der Waals surface area (Å²) in [4.78, 5) is 1.89. The van der Waals surface area contributed by atoms with Crippen LogP contribution in [0.4, 0.5) is 13.2 Å². The van der Waals surface area contributed by atoms with Crippen LogP contribution in [0.5, 0.6) is 0 Å². The number of aromatic nitrogens is 3. The molecule has 1 heterocycles. The van der Waals surface area contributed by atoms with Crippen LogP contribution in [0.3, 0.4) is 0 Å². The van der Waals surface area contributed by atoms with Gasteiger partial charge in [0.25, 0.3) is 0 Å². The molecule has 0 spiro atoms. The Balaban J connectivity index is 1.77. The summed E-state index contributed by atoms with van der Waals surface area (Å²) in [6.07, 6.45) is -4.48.